The Kier molecular flexibility index (Phi) is 7.32. The number of carbonyl (C=O) groups is 1. The number of nitrogens with one attached hydrogen (secondary N) is 1. The number of ether oxygens (including phenoxy) is 1. The summed E-state index contributed by atoms with van der Waals surface area (Å²) in [5.41, 5.74) is 2.17. The number of piperidine rings is 3. The van der Waals surface area contributed by atoms with Crippen molar-refractivity contribution in [2.24, 2.45) is 5.41 Å². The van der Waals surface area contributed by atoms with Gasteiger partial charge in [-0.05, 0) is 55.4 Å². The zero-order chi connectivity index (χ0) is 24.1. The van der Waals surface area contributed by atoms with Gasteiger partial charge in [-0.1, -0.05) is 72.0 Å². The molecule has 4 heterocycles. The van der Waals surface area contributed by atoms with Crippen LogP contribution in [0.15, 0.2) is 60.7 Å². The van der Waals surface area contributed by atoms with Gasteiger partial charge in [0.1, 0.15) is 0 Å². The van der Waals surface area contributed by atoms with Crippen LogP contribution < -0.4 is 10.2 Å². The monoisotopic (exact) mass is 492 g/mol. The Morgan fingerprint density at radius 2 is 1.71 bits per heavy atom. The van der Waals surface area contributed by atoms with Crippen molar-refractivity contribution in [2.75, 3.05) is 49.5 Å². The summed E-state index contributed by atoms with van der Waals surface area (Å²) in [4.78, 5) is 22.2. The molecule has 0 atom stereocenters. The van der Waals surface area contributed by atoms with Crippen LogP contribution in [0.2, 0.25) is 0 Å². The minimum Gasteiger partial charge on any atom is -0.465 e. The molecular weight excluding hydrogens is 460 g/mol. The number of aromatic nitrogens is 1. The lowest BCUT2D eigenvalue weighted by Gasteiger charge is -2.49. The number of hydrogen-bond donors (Lipinski definition) is 2. The minimum absolute atomic E-state index is 0.0452. The standard InChI is InChI=1S/C27H32N4O3S/c32-26(33)31(20-27-11-15-30(16-12-27)17-13-27)24-23(22-9-5-2-6-10-22)35-25(29-24)28-14-18-34-19-21-7-3-1-4-8-21/h1-10H,11-20H2,(H,28,29)(H,32,33). The largest absolute Gasteiger partial charge is 0.465 e. The molecule has 3 fully saturated rings. The topological polar surface area (TPSA) is 77.9 Å². The Bertz CT molecular complexity index is 1100. The van der Waals surface area contributed by atoms with Crippen molar-refractivity contribution >= 4 is 28.4 Å². The fourth-order valence-electron chi connectivity index (χ4n) is 5.04. The van der Waals surface area contributed by atoms with Crippen LogP contribution in [0.3, 0.4) is 0 Å². The van der Waals surface area contributed by atoms with E-state index >= 15 is 0 Å². The summed E-state index contributed by atoms with van der Waals surface area (Å²) in [6.07, 6.45) is 2.20. The number of hydrogen-bond acceptors (Lipinski definition) is 6. The highest BCUT2D eigenvalue weighted by atomic mass is 32.1. The van der Waals surface area contributed by atoms with Crippen molar-refractivity contribution in [1.29, 1.82) is 0 Å². The average molecular weight is 493 g/mol. The van der Waals surface area contributed by atoms with Crippen LogP contribution in [0, 0.1) is 5.41 Å². The molecule has 1 aromatic heterocycles. The summed E-state index contributed by atoms with van der Waals surface area (Å²) in [6.45, 7) is 5.38. The van der Waals surface area contributed by atoms with Crippen molar-refractivity contribution < 1.29 is 14.6 Å². The molecule has 2 bridgehead atoms. The second-order valence-corrected chi connectivity index (χ2v) is 10.5. The average Bonchev–Trinajstić information content (AvgIpc) is 3.33. The summed E-state index contributed by atoms with van der Waals surface area (Å²) in [5, 5.41) is 14.3. The van der Waals surface area contributed by atoms with Gasteiger partial charge in [0.15, 0.2) is 10.9 Å². The lowest BCUT2D eigenvalue weighted by Crippen LogP contribution is -2.53. The number of amides is 1. The first-order valence-corrected chi connectivity index (χ1v) is 13.1. The maximum Gasteiger partial charge on any atom is 0.413 e. The Morgan fingerprint density at radius 3 is 2.37 bits per heavy atom. The van der Waals surface area contributed by atoms with E-state index in [0.29, 0.717) is 37.3 Å². The summed E-state index contributed by atoms with van der Waals surface area (Å²) in [7, 11) is 0. The highest BCUT2D eigenvalue weighted by molar-refractivity contribution is 7.19. The second-order valence-electron chi connectivity index (χ2n) is 9.46. The Morgan fingerprint density at radius 1 is 1.06 bits per heavy atom. The van der Waals surface area contributed by atoms with Crippen LogP contribution in [0.1, 0.15) is 24.8 Å². The van der Waals surface area contributed by atoms with Crippen molar-refractivity contribution in [3.63, 3.8) is 0 Å². The highest BCUT2D eigenvalue weighted by Gasteiger charge is 2.42. The smallest absolute Gasteiger partial charge is 0.413 e. The molecule has 8 heteroatoms. The van der Waals surface area contributed by atoms with E-state index in [9.17, 15) is 9.90 Å². The van der Waals surface area contributed by atoms with Crippen molar-refractivity contribution in [2.45, 2.75) is 25.9 Å². The van der Waals surface area contributed by atoms with Crippen LogP contribution in [-0.4, -0.2) is 60.4 Å². The van der Waals surface area contributed by atoms with E-state index in [1.54, 1.807) is 0 Å². The lowest BCUT2D eigenvalue weighted by atomic mass is 9.71. The van der Waals surface area contributed by atoms with Crippen LogP contribution in [0.5, 0.6) is 0 Å². The van der Waals surface area contributed by atoms with Gasteiger partial charge in [0.05, 0.1) is 18.1 Å². The molecule has 0 unspecified atom stereocenters. The van der Waals surface area contributed by atoms with Crippen LogP contribution in [0.4, 0.5) is 15.7 Å². The highest BCUT2D eigenvalue weighted by Crippen LogP contribution is 2.44. The van der Waals surface area contributed by atoms with Gasteiger partial charge in [-0.15, -0.1) is 0 Å². The number of nitrogens with zero attached hydrogens (tertiary/aromatic N) is 3. The number of benzene rings is 2. The zero-order valence-electron chi connectivity index (χ0n) is 19.9. The molecule has 3 saturated heterocycles. The number of thiazole rings is 1. The quantitative estimate of drug-likeness (QED) is 0.369. The van der Waals surface area contributed by atoms with E-state index < -0.39 is 6.09 Å². The number of anilines is 2. The first kappa shape index (κ1) is 23.8. The fourth-order valence-corrected chi connectivity index (χ4v) is 6.05. The van der Waals surface area contributed by atoms with Crippen LogP contribution in [0.25, 0.3) is 10.4 Å². The van der Waals surface area contributed by atoms with Crippen molar-refractivity contribution in [3.05, 3.63) is 66.2 Å². The van der Waals surface area contributed by atoms with Gasteiger partial charge in [0.25, 0.3) is 0 Å². The Labute approximate surface area is 210 Å². The number of rotatable bonds is 10. The van der Waals surface area contributed by atoms with Crippen molar-refractivity contribution in [3.8, 4) is 10.4 Å². The molecule has 0 radical (unpaired) electrons. The summed E-state index contributed by atoms with van der Waals surface area (Å²) in [5.74, 6) is 0.531. The molecule has 3 aliphatic rings. The van der Waals surface area contributed by atoms with Crippen molar-refractivity contribution in [1.82, 2.24) is 9.88 Å². The van der Waals surface area contributed by atoms with E-state index in [0.717, 1.165) is 54.9 Å². The SMILES string of the molecule is O=C(O)N(CC12CCN(CC1)CC2)c1nc(NCCOCc2ccccc2)sc1-c1ccccc1. The molecule has 1 amide bonds. The molecule has 0 saturated carbocycles. The molecule has 2 aromatic carbocycles. The lowest BCUT2D eigenvalue weighted by molar-refractivity contribution is 0.0315. The summed E-state index contributed by atoms with van der Waals surface area (Å²) >= 11 is 1.50. The number of carboxylic acid groups (broad SMARTS) is 1. The molecule has 3 aliphatic heterocycles. The molecule has 0 aliphatic carbocycles. The van der Waals surface area contributed by atoms with Gasteiger partial charge in [-0.3, -0.25) is 4.90 Å². The van der Waals surface area contributed by atoms with Crippen LogP contribution >= 0.6 is 11.3 Å². The molecule has 0 spiro atoms. The van der Waals surface area contributed by atoms with E-state index in [-0.39, 0.29) is 5.41 Å². The van der Waals surface area contributed by atoms with E-state index in [1.165, 1.54) is 16.2 Å². The third-order valence-electron chi connectivity index (χ3n) is 7.13. The second kappa shape index (κ2) is 10.8. The van der Waals surface area contributed by atoms with Crippen LogP contribution in [-0.2, 0) is 11.3 Å². The van der Waals surface area contributed by atoms with Gasteiger partial charge in [-0.25, -0.2) is 9.78 Å². The van der Waals surface area contributed by atoms with Gasteiger partial charge < -0.3 is 20.1 Å². The molecule has 2 N–H and O–H groups in total. The van der Waals surface area contributed by atoms with E-state index in [2.05, 4.69) is 10.2 Å². The van der Waals surface area contributed by atoms with Gasteiger partial charge >= 0.3 is 6.09 Å². The minimum atomic E-state index is -0.937. The molecule has 35 heavy (non-hydrogen) atoms. The predicted molar refractivity (Wildman–Crippen MR) is 140 cm³/mol. The summed E-state index contributed by atoms with van der Waals surface area (Å²) < 4.78 is 5.79. The predicted octanol–water partition coefficient (Wildman–Crippen LogP) is 5.41. The molecule has 7 nitrogen and oxygen atoms in total. The first-order chi connectivity index (χ1) is 17.1. The fraction of sp³-hybridized carbons (Fsp3) is 0.407. The number of fused-ring (bicyclic) bond motifs is 3. The molecular formula is C27H32N4O3S. The normalized spacial score (nSPS) is 21.1. The molecule has 3 aromatic rings. The van der Waals surface area contributed by atoms with Gasteiger partial charge in [0.2, 0.25) is 0 Å². The molecule has 6 rings (SSSR count). The van der Waals surface area contributed by atoms with E-state index in [4.69, 9.17) is 9.72 Å². The first-order valence-electron chi connectivity index (χ1n) is 12.3. The Balaban J connectivity index is 1.31. The maximum atomic E-state index is 12.5. The zero-order valence-corrected chi connectivity index (χ0v) is 20.7. The van der Waals surface area contributed by atoms with Gasteiger partial charge in [0, 0.05) is 13.1 Å². The third kappa shape index (κ3) is 5.66. The van der Waals surface area contributed by atoms with Gasteiger partial charge in [-0.2, -0.15) is 0 Å². The maximum absolute atomic E-state index is 12.5. The van der Waals surface area contributed by atoms with E-state index in [1.807, 2.05) is 60.7 Å². The summed E-state index contributed by atoms with van der Waals surface area (Å²) in [6, 6.07) is 20.0. The Hall–Kier alpha value is -2.94. The molecule has 184 valence electrons. The third-order valence-corrected chi connectivity index (χ3v) is 8.19.